The number of nitrogens with zero attached hydrogens (tertiary/aromatic N) is 1. The fraction of sp³-hybridized carbons (Fsp3) is 0.167. The summed E-state index contributed by atoms with van der Waals surface area (Å²) in [5.41, 5.74) is 2.22. The van der Waals surface area contributed by atoms with E-state index in [1.54, 1.807) is 19.1 Å². The number of aromatic nitrogens is 2. The first-order valence-corrected chi connectivity index (χ1v) is 4.91. The second kappa shape index (κ2) is 3.89. The third-order valence-corrected chi connectivity index (χ3v) is 2.54. The van der Waals surface area contributed by atoms with E-state index < -0.39 is 5.69 Å². The van der Waals surface area contributed by atoms with Gasteiger partial charge in [0, 0.05) is 11.8 Å². The van der Waals surface area contributed by atoms with Gasteiger partial charge in [-0.1, -0.05) is 12.1 Å². The summed E-state index contributed by atoms with van der Waals surface area (Å²) in [5, 5.41) is 0. The van der Waals surface area contributed by atoms with Crippen molar-refractivity contribution >= 4 is 0 Å². The fourth-order valence-electron chi connectivity index (χ4n) is 1.62. The SMILES string of the molecule is Cc1cnc(=O)[nH]c1-c1cccc(F)c1C. The first-order chi connectivity index (χ1) is 7.59. The number of rotatable bonds is 1. The highest BCUT2D eigenvalue weighted by Crippen LogP contribution is 2.24. The number of nitrogens with one attached hydrogen (secondary N) is 1. The average molecular weight is 218 g/mol. The Morgan fingerprint density at radius 3 is 2.81 bits per heavy atom. The molecule has 0 amide bonds. The number of halogens is 1. The molecule has 0 atom stereocenters. The summed E-state index contributed by atoms with van der Waals surface area (Å²) in [6.45, 7) is 3.51. The molecule has 1 aromatic heterocycles. The van der Waals surface area contributed by atoms with E-state index in [1.807, 2.05) is 6.92 Å². The molecule has 3 nitrogen and oxygen atoms in total. The van der Waals surface area contributed by atoms with Crippen molar-refractivity contribution < 1.29 is 4.39 Å². The summed E-state index contributed by atoms with van der Waals surface area (Å²) < 4.78 is 13.4. The highest BCUT2D eigenvalue weighted by Gasteiger charge is 2.09. The van der Waals surface area contributed by atoms with Crippen LogP contribution in [0.25, 0.3) is 11.3 Å². The van der Waals surface area contributed by atoms with E-state index in [0.717, 1.165) is 5.56 Å². The number of hydrogen-bond acceptors (Lipinski definition) is 2. The third-order valence-electron chi connectivity index (χ3n) is 2.54. The normalized spacial score (nSPS) is 10.4. The van der Waals surface area contributed by atoms with Crippen LogP contribution in [-0.2, 0) is 0 Å². The molecule has 0 spiro atoms. The van der Waals surface area contributed by atoms with E-state index in [0.29, 0.717) is 16.8 Å². The second-order valence-corrected chi connectivity index (χ2v) is 3.66. The molecule has 0 aliphatic carbocycles. The standard InChI is InChI=1S/C12H11FN2O/c1-7-6-14-12(16)15-11(7)9-4-3-5-10(13)8(9)2/h3-6H,1-2H3,(H,14,15,16). The van der Waals surface area contributed by atoms with Gasteiger partial charge in [0.2, 0.25) is 0 Å². The Morgan fingerprint density at radius 1 is 1.31 bits per heavy atom. The first kappa shape index (κ1) is 10.5. The number of benzene rings is 1. The van der Waals surface area contributed by atoms with Crippen molar-refractivity contribution in [2.75, 3.05) is 0 Å². The van der Waals surface area contributed by atoms with Crippen LogP contribution >= 0.6 is 0 Å². The van der Waals surface area contributed by atoms with Crippen molar-refractivity contribution in [1.29, 1.82) is 0 Å². The van der Waals surface area contributed by atoms with Crippen LogP contribution in [0.5, 0.6) is 0 Å². The molecular weight excluding hydrogens is 207 g/mol. The van der Waals surface area contributed by atoms with Gasteiger partial charge < -0.3 is 4.98 Å². The molecule has 0 saturated heterocycles. The molecule has 4 heteroatoms. The van der Waals surface area contributed by atoms with E-state index in [1.165, 1.54) is 12.3 Å². The highest BCUT2D eigenvalue weighted by atomic mass is 19.1. The lowest BCUT2D eigenvalue weighted by Crippen LogP contribution is -2.11. The maximum absolute atomic E-state index is 13.4. The molecule has 0 fully saturated rings. The van der Waals surface area contributed by atoms with E-state index in [-0.39, 0.29) is 5.82 Å². The Kier molecular flexibility index (Phi) is 2.56. The summed E-state index contributed by atoms with van der Waals surface area (Å²) in [6, 6.07) is 4.79. The van der Waals surface area contributed by atoms with Crippen molar-refractivity contribution in [3.8, 4) is 11.3 Å². The van der Waals surface area contributed by atoms with E-state index in [4.69, 9.17) is 0 Å². The molecular formula is C12H11FN2O. The van der Waals surface area contributed by atoms with E-state index >= 15 is 0 Å². The Labute approximate surface area is 92.0 Å². The molecule has 0 bridgehead atoms. The summed E-state index contributed by atoms with van der Waals surface area (Å²) in [7, 11) is 0. The lowest BCUT2D eigenvalue weighted by atomic mass is 10.0. The number of H-pyrrole nitrogens is 1. The van der Waals surface area contributed by atoms with Crippen LogP contribution in [0.1, 0.15) is 11.1 Å². The smallest absolute Gasteiger partial charge is 0.305 e. The molecule has 0 saturated carbocycles. The summed E-state index contributed by atoms with van der Waals surface area (Å²) >= 11 is 0. The molecule has 0 unspecified atom stereocenters. The second-order valence-electron chi connectivity index (χ2n) is 3.66. The lowest BCUT2D eigenvalue weighted by molar-refractivity contribution is 0.619. The van der Waals surface area contributed by atoms with Crippen molar-refractivity contribution in [3.05, 3.63) is 51.8 Å². The molecule has 0 radical (unpaired) electrons. The quantitative estimate of drug-likeness (QED) is 0.797. The Morgan fingerprint density at radius 2 is 2.06 bits per heavy atom. The number of aryl methyl sites for hydroxylation is 1. The zero-order valence-corrected chi connectivity index (χ0v) is 9.04. The predicted molar refractivity (Wildman–Crippen MR) is 59.7 cm³/mol. The lowest BCUT2D eigenvalue weighted by Gasteiger charge is -2.08. The zero-order valence-electron chi connectivity index (χ0n) is 9.04. The van der Waals surface area contributed by atoms with Crippen molar-refractivity contribution in [2.24, 2.45) is 0 Å². The van der Waals surface area contributed by atoms with Gasteiger partial charge in [0.25, 0.3) is 0 Å². The molecule has 0 aliphatic heterocycles. The van der Waals surface area contributed by atoms with Crippen LogP contribution in [0.2, 0.25) is 0 Å². The minimum Gasteiger partial charge on any atom is -0.305 e. The molecule has 1 aromatic carbocycles. The average Bonchev–Trinajstić information content (AvgIpc) is 2.26. The van der Waals surface area contributed by atoms with Crippen LogP contribution in [0.3, 0.4) is 0 Å². The van der Waals surface area contributed by atoms with Crippen LogP contribution in [0, 0.1) is 19.7 Å². The summed E-state index contributed by atoms with van der Waals surface area (Å²) in [4.78, 5) is 17.4. The fourth-order valence-corrected chi connectivity index (χ4v) is 1.62. The van der Waals surface area contributed by atoms with Gasteiger partial charge in [0.05, 0.1) is 5.69 Å². The molecule has 0 aliphatic rings. The van der Waals surface area contributed by atoms with Gasteiger partial charge in [0.15, 0.2) is 0 Å². The number of aromatic amines is 1. The summed E-state index contributed by atoms with van der Waals surface area (Å²) in [6.07, 6.45) is 1.48. The first-order valence-electron chi connectivity index (χ1n) is 4.91. The Hall–Kier alpha value is -1.97. The highest BCUT2D eigenvalue weighted by molar-refractivity contribution is 5.66. The minimum absolute atomic E-state index is 0.283. The minimum atomic E-state index is -0.427. The molecule has 2 aromatic rings. The monoisotopic (exact) mass is 218 g/mol. The van der Waals surface area contributed by atoms with Gasteiger partial charge in [0.1, 0.15) is 5.82 Å². The zero-order chi connectivity index (χ0) is 11.7. The maximum Gasteiger partial charge on any atom is 0.345 e. The maximum atomic E-state index is 13.4. The van der Waals surface area contributed by atoms with E-state index in [9.17, 15) is 9.18 Å². The van der Waals surface area contributed by atoms with Crippen LogP contribution in [-0.4, -0.2) is 9.97 Å². The molecule has 2 rings (SSSR count). The van der Waals surface area contributed by atoms with Gasteiger partial charge in [-0.15, -0.1) is 0 Å². The Balaban J connectivity index is 2.72. The van der Waals surface area contributed by atoms with Crippen molar-refractivity contribution in [2.45, 2.75) is 13.8 Å². The van der Waals surface area contributed by atoms with Gasteiger partial charge in [-0.2, -0.15) is 0 Å². The molecule has 82 valence electrons. The van der Waals surface area contributed by atoms with Crippen LogP contribution in [0.4, 0.5) is 4.39 Å². The van der Waals surface area contributed by atoms with Crippen molar-refractivity contribution in [1.82, 2.24) is 9.97 Å². The Bertz CT molecular complexity index is 590. The van der Waals surface area contributed by atoms with Crippen LogP contribution in [0.15, 0.2) is 29.2 Å². The van der Waals surface area contributed by atoms with Gasteiger partial charge in [-0.25, -0.2) is 14.2 Å². The molecule has 16 heavy (non-hydrogen) atoms. The number of hydrogen-bond donors (Lipinski definition) is 1. The molecule has 1 heterocycles. The van der Waals surface area contributed by atoms with Crippen molar-refractivity contribution in [3.63, 3.8) is 0 Å². The predicted octanol–water partition coefficient (Wildman–Crippen LogP) is 2.19. The van der Waals surface area contributed by atoms with E-state index in [2.05, 4.69) is 9.97 Å². The van der Waals surface area contributed by atoms with Gasteiger partial charge >= 0.3 is 5.69 Å². The largest absolute Gasteiger partial charge is 0.345 e. The third kappa shape index (κ3) is 1.74. The summed E-state index contributed by atoms with van der Waals surface area (Å²) in [5.74, 6) is -0.283. The van der Waals surface area contributed by atoms with Gasteiger partial charge in [-0.05, 0) is 31.0 Å². The topological polar surface area (TPSA) is 45.8 Å². The van der Waals surface area contributed by atoms with Gasteiger partial charge in [-0.3, -0.25) is 0 Å². The molecule has 1 N–H and O–H groups in total. The van der Waals surface area contributed by atoms with Crippen LogP contribution < -0.4 is 5.69 Å².